The van der Waals surface area contributed by atoms with Crippen molar-refractivity contribution >= 4 is 39.5 Å². The summed E-state index contributed by atoms with van der Waals surface area (Å²) in [5.41, 5.74) is 0. The molecule has 0 radical (unpaired) electrons. The smallest absolute Gasteiger partial charge is 0.462 e. The van der Waals surface area contributed by atoms with Gasteiger partial charge < -0.3 is 33.8 Å². The zero-order valence-electron chi connectivity index (χ0n) is 56.2. The zero-order chi connectivity index (χ0) is 64.2. The number of hydrogen-bond acceptors (Lipinski definition) is 15. The van der Waals surface area contributed by atoms with Crippen molar-refractivity contribution in [1.29, 1.82) is 0 Å². The van der Waals surface area contributed by atoms with Gasteiger partial charge >= 0.3 is 39.5 Å². The number of carbonyl (C=O) groups is 4. The third-order valence-electron chi connectivity index (χ3n) is 15.8. The van der Waals surface area contributed by atoms with Crippen molar-refractivity contribution in [1.82, 2.24) is 0 Å². The van der Waals surface area contributed by atoms with E-state index in [1.165, 1.54) is 173 Å². The number of ether oxygens (including phenoxy) is 4. The van der Waals surface area contributed by atoms with Crippen LogP contribution in [0.15, 0.2) is 0 Å². The van der Waals surface area contributed by atoms with Crippen LogP contribution >= 0.6 is 15.6 Å². The predicted octanol–water partition coefficient (Wildman–Crippen LogP) is 19.4. The van der Waals surface area contributed by atoms with Gasteiger partial charge in [-0.25, -0.2) is 9.13 Å². The second-order valence-corrected chi connectivity index (χ2v) is 27.9. The summed E-state index contributed by atoms with van der Waals surface area (Å²) in [5.74, 6) is -1.43. The van der Waals surface area contributed by atoms with Crippen LogP contribution in [0.25, 0.3) is 0 Å². The Morgan fingerprint density at radius 1 is 0.310 bits per heavy atom. The van der Waals surface area contributed by atoms with Crippen LogP contribution < -0.4 is 0 Å². The Kier molecular flexibility index (Phi) is 60.2. The SMILES string of the molecule is CCCCCCCCCCCCCCCCCCC(=O)O[C@H](COC(=O)CCCCCCCCCCCCC)COP(=O)(O)OC[C@@H](O)COP(=O)(O)OC[C@@H](COC(=O)CCCCCCCCCCCC)OC(=O)CCCCCCCCCC(C)C. The number of phosphoric ester groups is 2. The number of unbranched alkanes of at least 4 members (excludes halogenated alkanes) is 40. The predicted molar refractivity (Wildman–Crippen MR) is 349 cm³/mol. The molecule has 87 heavy (non-hydrogen) atoms. The van der Waals surface area contributed by atoms with Crippen molar-refractivity contribution in [3.8, 4) is 0 Å². The minimum atomic E-state index is -4.95. The van der Waals surface area contributed by atoms with Crippen LogP contribution in [0.4, 0.5) is 0 Å². The Morgan fingerprint density at radius 2 is 0.529 bits per heavy atom. The Hall–Kier alpha value is -1.94. The highest BCUT2D eigenvalue weighted by atomic mass is 31.2. The molecule has 19 heteroatoms. The molecule has 516 valence electrons. The lowest BCUT2D eigenvalue weighted by atomic mass is 10.0. The molecule has 5 atom stereocenters. The van der Waals surface area contributed by atoms with Gasteiger partial charge in [-0.2, -0.15) is 0 Å². The van der Waals surface area contributed by atoms with Crippen molar-refractivity contribution in [2.75, 3.05) is 39.6 Å². The quantitative estimate of drug-likeness (QED) is 0.0222. The third kappa shape index (κ3) is 62.6. The Bertz CT molecular complexity index is 1690. The fraction of sp³-hybridized carbons (Fsp3) is 0.941. The van der Waals surface area contributed by atoms with E-state index in [2.05, 4.69) is 34.6 Å². The minimum absolute atomic E-state index is 0.104. The lowest BCUT2D eigenvalue weighted by Crippen LogP contribution is -2.30. The molecule has 0 aromatic rings. The van der Waals surface area contributed by atoms with Crippen LogP contribution in [0.1, 0.15) is 349 Å². The van der Waals surface area contributed by atoms with E-state index >= 15 is 0 Å². The van der Waals surface area contributed by atoms with E-state index < -0.39 is 97.5 Å². The summed E-state index contributed by atoms with van der Waals surface area (Å²) in [6, 6.07) is 0. The van der Waals surface area contributed by atoms with Crippen molar-refractivity contribution in [2.45, 2.75) is 368 Å². The second-order valence-electron chi connectivity index (χ2n) is 25.0. The molecule has 0 aliphatic carbocycles. The molecule has 0 fully saturated rings. The number of carbonyl (C=O) groups excluding carboxylic acids is 4. The fourth-order valence-corrected chi connectivity index (χ4v) is 11.9. The van der Waals surface area contributed by atoms with Crippen LogP contribution in [0.2, 0.25) is 0 Å². The summed E-state index contributed by atoms with van der Waals surface area (Å²) in [4.78, 5) is 72.4. The normalized spacial score (nSPS) is 14.1. The molecule has 0 saturated heterocycles. The first-order valence-corrected chi connectivity index (χ1v) is 38.6. The fourth-order valence-electron chi connectivity index (χ4n) is 10.3. The average molecular weight is 1280 g/mol. The van der Waals surface area contributed by atoms with Gasteiger partial charge in [-0.05, 0) is 31.6 Å². The second kappa shape index (κ2) is 61.6. The van der Waals surface area contributed by atoms with E-state index in [1.807, 2.05) is 0 Å². The third-order valence-corrected chi connectivity index (χ3v) is 17.7. The minimum Gasteiger partial charge on any atom is -0.462 e. The van der Waals surface area contributed by atoms with Crippen LogP contribution in [-0.2, 0) is 65.4 Å². The molecule has 0 heterocycles. The highest BCUT2D eigenvalue weighted by Gasteiger charge is 2.30. The van der Waals surface area contributed by atoms with Gasteiger partial charge in [0.25, 0.3) is 0 Å². The van der Waals surface area contributed by atoms with Crippen molar-refractivity contribution < 1.29 is 80.2 Å². The number of esters is 4. The molecule has 3 N–H and O–H groups in total. The van der Waals surface area contributed by atoms with Crippen molar-refractivity contribution in [2.24, 2.45) is 5.92 Å². The van der Waals surface area contributed by atoms with Gasteiger partial charge in [-0.1, -0.05) is 298 Å². The molecule has 0 aromatic heterocycles. The molecular weight excluding hydrogens is 1150 g/mol. The van der Waals surface area contributed by atoms with Crippen molar-refractivity contribution in [3.63, 3.8) is 0 Å². The van der Waals surface area contributed by atoms with E-state index in [4.69, 9.17) is 37.0 Å². The Morgan fingerprint density at radius 3 is 0.782 bits per heavy atom. The summed E-state index contributed by atoms with van der Waals surface area (Å²) in [5, 5.41) is 10.6. The lowest BCUT2D eigenvalue weighted by Gasteiger charge is -2.21. The van der Waals surface area contributed by atoms with E-state index in [0.717, 1.165) is 89.9 Å². The van der Waals surface area contributed by atoms with Gasteiger partial charge in [-0.3, -0.25) is 37.3 Å². The maximum absolute atomic E-state index is 13.0. The van der Waals surface area contributed by atoms with Crippen LogP contribution in [0, 0.1) is 5.92 Å². The molecule has 0 saturated carbocycles. The summed E-state index contributed by atoms with van der Waals surface area (Å²) in [7, 11) is -9.89. The van der Waals surface area contributed by atoms with Crippen LogP contribution in [0.5, 0.6) is 0 Å². The monoisotopic (exact) mass is 1280 g/mol. The number of aliphatic hydroxyl groups excluding tert-OH is 1. The lowest BCUT2D eigenvalue weighted by molar-refractivity contribution is -0.161. The Balaban J connectivity index is 5.22. The average Bonchev–Trinajstić information content (AvgIpc) is 3.56. The summed E-state index contributed by atoms with van der Waals surface area (Å²) in [6.07, 6.45) is 47.2. The zero-order valence-corrected chi connectivity index (χ0v) is 57.9. The molecule has 0 aliphatic rings. The van der Waals surface area contributed by atoms with E-state index in [9.17, 15) is 43.2 Å². The molecule has 0 aliphatic heterocycles. The maximum Gasteiger partial charge on any atom is 0.472 e. The highest BCUT2D eigenvalue weighted by molar-refractivity contribution is 7.47. The molecule has 2 unspecified atom stereocenters. The number of phosphoric acid groups is 2. The van der Waals surface area contributed by atoms with Gasteiger partial charge in [0.1, 0.15) is 19.3 Å². The highest BCUT2D eigenvalue weighted by Crippen LogP contribution is 2.45. The van der Waals surface area contributed by atoms with E-state index in [-0.39, 0.29) is 25.7 Å². The number of rotatable bonds is 68. The van der Waals surface area contributed by atoms with E-state index in [0.29, 0.717) is 31.6 Å². The molecular formula is C68H132O17P2. The number of aliphatic hydroxyl groups is 1. The van der Waals surface area contributed by atoms with E-state index in [1.54, 1.807) is 0 Å². The first-order valence-electron chi connectivity index (χ1n) is 35.6. The van der Waals surface area contributed by atoms with Crippen LogP contribution in [0.3, 0.4) is 0 Å². The van der Waals surface area contributed by atoms with Crippen molar-refractivity contribution in [3.05, 3.63) is 0 Å². The molecule has 0 rings (SSSR count). The van der Waals surface area contributed by atoms with Crippen LogP contribution in [-0.4, -0.2) is 96.7 Å². The van der Waals surface area contributed by atoms with Gasteiger partial charge in [-0.15, -0.1) is 0 Å². The first kappa shape index (κ1) is 85.1. The molecule has 0 bridgehead atoms. The van der Waals surface area contributed by atoms with Gasteiger partial charge in [0.2, 0.25) is 0 Å². The largest absolute Gasteiger partial charge is 0.472 e. The maximum atomic E-state index is 13.0. The number of hydrogen-bond donors (Lipinski definition) is 3. The van der Waals surface area contributed by atoms with Gasteiger partial charge in [0.05, 0.1) is 26.4 Å². The standard InChI is InChI=1S/C68H132O17P2/c1-6-9-12-15-18-21-24-25-26-27-28-30-33-38-43-48-53-67(72)84-63(57-79-66(71)52-47-42-37-32-29-22-19-16-13-10-7-2)59-82-86(74,75)80-55-62(69)56-81-87(76,77)83-60-64(85-68(73)54-49-44-39-34-35-40-45-50-61(4)5)58-78-65(70)51-46-41-36-31-23-20-17-14-11-8-3/h61-64,69H,6-60H2,1-5H3,(H,74,75)(H,76,77)/t62-,63-,64-/m1/s1. The molecule has 0 spiro atoms. The summed E-state index contributed by atoms with van der Waals surface area (Å²) < 4.78 is 68.2. The first-order chi connectivity index (χ1) is 42.0. The topological polar surface area (TPSA) is 237 Å². The van der Waals surface area contributed by atoms with Gasteiger partial charge in [0, 0.05) is 25.7 Å². The summed E-state index contributed by atoms with van der Waals surface area (Å²) in [6.45, 7) is 7.16. The molecule has 17 nitrogen and oxygen atoms in total. The summed E-state index contributed by atoms with van der Waals surface area (Å²) >= 11 is 0. The Labute approximate surface area is 530 Å². The molecule has 0 aromatic carbocycles. The van der Waals surface area contributed by atoms with Gasteiger partial charge in [0.15, 0.2) is 12.2 Å². The molecule has 0 amide bonds.